The first-order valence-electron chi connectivity index (χ1n) is 7.42. The highest BCUT2D eigenvalue weighted by atomic mass is 19.4. The third-order valence-electron chi connectivity index (χ3n) is 3.92. The van der Waals surface area contributed by atoms with Gasteiger partial charge in [-0.25, -0.2) is 0 Å². The van der Waals surface area contributed by atoms with Gasteiger partial charge in [-0.3, -0.25) is 9.48 Å². The number of amides is 1. The third kappa shape index (κ3) is 3.28. The number of halogens is 3. The smallest absolute Gasteiger partial charge is 0.370 e. The molecule has 1 atom stereocenters. The third-order valence-corrected chi connectivity index (χ3v) is 3.92. The van der Waals surface area contributed by atoms with E-state index in [1.807, 2.05) is 0 Å². The Labute approximate surface area is 136 Å². The molecule has 8 heteroatoms. The molecule has 1 fully saturated rings. The van der Waals surface area contributed by atoms with Crippen LogP contribution in [0.25, 0.3) is 0 Å². The molecule has 1 amide bonds. The van der Waals surface area contributed by atoms with Crippen molar-refractivity contribution in [2.75, 3.05) is 19.7 Å². The van der Waals surface area contributed by atoms with Gasteiger partial charge >= 0.3 is 6.18 Å². The highest BCUT2D eigenvalue weighted by Crippen LogP contribution is 2.36. The lowest BCUT2D eigenvalue weighted by molar-refractivity contribution is -0.140. The number of carbonyl (C=O) groups excluding carboxylic acids is 1. The van der Waals surface area contributed by atoms with Crippen molar-refractivity contribution in [3.05, 3.63) is 53.3 Å². The van der Waals surface area contributed by atoms with Crippen LogP contribution in [-0.4, -0.2) is 40.3 Å². The maximum absolute atomic E-state index is 13.2. The molecule has 2 aromatic rings. The van der Waals surface area contributed by atoms with E-state index in [1.165, 1.54) is 34.0 Å². The normalized spacial score (nSPS) is 18.7. The minimum Gasteiger partial charge on any atom is -0.370 e. The van der Waals surface area contributed by atoms with Crippen LogP contribution in [0.1, 0.15) is 27.6 Å². The molecular formula is C16H16F3N3O2. The van der Waals surface area contributed by atoms with Crippen LogP contribution < -0.4 is 0 Å². The van der Waals surface area contributed by atoms with Crippen LogP contribution in [0.2, 0.25) is 0 Å². The summed E-state index contributed by atoms with van der Waals surface area (Å²) in [5, 5.41) is 3.95. The molecule has 0 spiro atoms. The number of hydrogen-bond acceptors (Lipinski definition) is 3. The number of ether oxygens (including phenoxy) is 1. The highest BCUT2D eigenvalue weighted by molar-refractivity contribution is 5.93. The number of benzene rings is 1. The Morgan fingerprint density at radius 2 is 2.08 bits per heavy atom. The molecule has 0 radical (unpaired) electrons. The van der Waals surface area contributed by atoms with E-state index < -0.39 is 17.8 Å². The van der Waals surface area contributed by atoms with Crippen LogP contribution in [0.3, 0.4) is 0 Å². The minimum absolute atomic E-state index is 0.0497. The van der Waals surface area contributed by atoms with Gasteiger partial charge in [0.2, 0.25) is 0 Å². The number of rotatable bonds is 2. The van der Waals surface area contributed by atoms with Crippen LogP contribution in [-0.2, 0) is 18.0 Å². The number of hydrogen-bond donors (Lipinski definition) is 0. The van der Waals surface area contributed by atoms with Crippen LogP contribution in [0.4, 0.5) is 13.2 Å². The van der Waals surface area contributed by atoms with E-state index in [1.54, 1.807) is 13.2 Å². The number of carbonyl (C=O) groups is 1. The Morgan fingerprint density at radius 3 is 2.75 bits per heavy atom. The van der Waals surface area contributed by atoms with Crippen molar-refractivity contribution in [2.45, 2.75) is 12.3 Å². The Morgan fingerprint density at radius 1 is 1.33 bits per heavy atom. The zero-order valence-electron chi connectivity index (χ0n) is 13.0. The molecule has 0 unspecified atom stereocenters. The molecule has 1 aromatic carbocycles. The topological polar surface area (TPSA) is 47.4 Å². The van der Waals surface area contributed by atoms with Crippen molar-refractivity contribution in [3.63, 3.8) is 0 Å². The summed E-state index contributed by atoms with van der Waals surface area (Å²) >= 11 is 0. The molecule has 24 heavy (non-hydrogen) atoms. The van der Waals surface area contributed by atoms with Crippen molar-refractivity contribution >= 4 is 5.91 Å². The first kappa shape index (κ1) is 16.5. The second-order valence-electron chi connectivity index (χ2n) is 5.60. The summed E-state index contributed by atoms with van der Waals surface area (Å²) < 4.78 is 46.5. The van der Waals surface area contributed by atoms with Crippen LogP contribution in [0, 0.1) is 0 Å². The largest absolute Gasteiger partial charge is 0.416 e. The molecule has 0 N–H and O–H groups in total. The summed E-state index contributed by atoms with van der Waals surface area (Å²) in [6, 6.07) is 5.30. The predicted octanol–water partition coefficient (Wildman–Crippen LogP) is 2.65. The molecule has 3 rings (SSSR count). The van der Waals surface area contributed by atoms with Crippen molar-refractivity contribution in [1.29, 1.82) is 0 Å². The lowest BCUT2D eigenvalue weighted by atomic mass is 10.0. The molecule has 1 aromatic heterocycles. The van der Waals surface area contributed by atoms with Crippen LogP contribution in [0.15, 0.2) is 36.7 Å². The van der Waals surface area contributed by atoms with Gasteiger partial charge < -0.3 is 9.64 Å². The van der Waals surface area contributed by atoms with Gasteiger partial charge in [-0.15, -0.1) is 0 Å². The van der Waals surface area contributed by atoms with E-state index in [-0.39, 0.29) is 24.6 Å². The molecule has 0 bridgehead atoms. The molecule has 1 aliphatic rings. The number of alkyl halides is 3. The quantitative estimate of drug-likeness (QED) is 0.845. The van der Waals surface area contributed by atoms with Crippen molar-refractivity contribution < 1.29 is 22.7 Å². The van der Waals surface area contributed by atoms with E-state index in [4.69, 9.17) is 4.74 Å². The van der Waals surface area contributed by atoms with Gasteiger partial charge in [-0.05, 0) is 11.6 Å². The summed E-state index contributed by atoms with van der Waals surface area (Å²) in [6.07, 6.45) is -2.25. The maximum atomic E-state index is 13.2. The first-order valence-corrected chi connectivity index (χ1v) is 7.42. The highest BCUT2D eigenvalue weighted by Gasteiger charge is 2.37. The minimum atomic E-state index is -4.46. The van der Waals surface area contributed by atoms with Gasteiger partial charge in [0.15, 0.2) is 0 Å². The summed E-state index contributed by atoms with van der Waals surface area (Å²) in [7, 11) is 1.69. The summed E-state index contributed by atoms with van der Waals surface area (Å²) in [5.41, 5.74) is -0.276. The van der Waals surface area contributed by atoms with Crippen LogP contribution >= 0.6 is 0 Å². The van der Waals surface area contributed by atoms with Gasteiger partial charge in [-0.2, -0.15) is 18.3 Å². The fourth-order valence-corrected chi connectivity index (χ4v) is 2.77. The summed E-state index contributed by atoms with van der Waals surface area (Å²) in [5.74, 6) is -0.263. The lowest BCUT2D eigenvalue weighted by Gasteiger charge is -2.34. The number of morpholine rings is 1. The average molecular weight is 339 g/mol. The van der Waals surface area contributed by atoms with Crippen molar-refractivity contribution in [2.24, 2.45) is 7.05 Å². The van der Waals surface area contributed by atoms with Gasteiger partial charge in [0.05, 0.1) is 30.5 Å². The number of aromatic nitrogens is 2. The first-order chi connectivity index (χ1) is 11.4. The Hall–Kier alpha value is -2.35. The average Bonchev–Trinajstić information content (AvgIpc) is 3.00. The molecule has 2 heterocycles. The summed E-state index contributed by atoms with van der Waals surface area (Å²) in [4.78, 5) is 14.0. The Bertz CT molecular complexity index is 742. The monoisotopic (exact) mass is 339 g/mol. The number of nitrogens with zero attached hydrogens (tertiary/aromatic N) is 3. The second-order valence-corrected chi connectivity index (χ2v) is 5.60. The molecule has 0 aliphatic carbocycles. The lowest BCUT2D eigenvalue weighted by Crippen LogP contribution is -2.42. The predicted molar refractivity (Wildman–Crippen MR) is 79.2 cm³/mol. The molecule has 0 saturated carbocycles. The van der Waals surface area contributed by atoms with Gasteiger partial charge in [-0.1, -0.05) is 18.2 Å². The van der Waals surface area contributed by atoms with Crippen molar-refractivity contribution in [3.8, 4) is 0 Å². The fraction of sp³-hybridized carbons (Fsp3) is 0.375. The molecule has 1 aliphatic heterocycles. The Kier molecular flexibility index (Phi) is 4.31. The molecule has 128 valence electrons. The Balaban J connectivity index is 1.83. The standard InChI is InChI=1S/C16H16F3N3O2/c1-21-9-11(8-20-21)15(23)22-6-7-24-14(10-22)12-4-2-3-5-13(12)16(17,18)19/h2-5,8-9,14H,6-7,10H2,1H3/t14-/m0/s1. The van der Waals surface area contributed by atoms with E-state index in [0.717, 1.165) is 6.07 Å². The zero-order chi connectivity index (χ0) is 17.3. The molecular weight excluding hydrogens is 323 g/mol. The van der Waals surface area contributed by atoms with Gasteiger partial charge in [0, 0.05) is 19.8 Å². The SMILES string of the molecule is Cn1cc(C(=O)N2CCO[C@H](c3ccccc3C(F)(F)F)C2)cn1. The number of aryl methyl sites for hydroxylation is 1. The van der Waals surface area contributed by atoms with Gasteiger partial charge in [0.25, 0.3) is 5.91 Å². The van der Waals surface area contributed by atoms with E-state index in [0.29, 0.717) is 12.1 Å². The van der Waals surface area contributed by atoms with E-state index in [9.17, 15) is 18.0 Å². The van der Waals surface area contributed by atoms with Crippen LogP contribution in [0.5, 0.6) is 0 Å². The van der Waals surface area contributed by atoms with Crippen molar-refractivity contribution in [1.82, 2.24) is 14.7 Å². The van der Waals surface area contributed by atoms with E-state index >= 15 is 0 Å². The van der Waals surface area contributed by atoms with E-state index in [2.05, 4.69) is 5.10 Å². The maximum Gasteiger partial charge on any atom is 0.416 e. The fourth-order valence-electron chi connectivity index (χ4n) is 2.77. The van der Waals surface area contributed by atoms with Gasteiger partial charge in [0.1, 0.15) is 6.10 Å². The second kappa shape index (κ2) is 6.27. The summed E-state index contributed by atoms with van der Waals surface area (Å²) in [6.45, 7) is 0.585. The zero-order valence-corrected chi connectivity index (χ0v) is 13.0. The molecule has 5 nitrogen and oxygen atoms in total. The molecule has 1 saturated heterocycles.